The molecule has 2 heterocycles. The maximum absolute atomic E-state index is 3.69. The molecule has 0 amide bonds. The van der Waals surface area contributed by atoms with Gasteiger partial charge in [0, 0.05) is 5.69 Å². The normalized spacial score (nSPS) is 13.3. The first-order chi connectivity index (χ1) is 10.4. The first kappa shape index (κ1) is 12.5. The van der Waals surface area contributed by atoms with Gasteiger partial charge in [-0.05, 0) is 39.5 Å². The largest absolute Gasteiger partial charge is 0.420 e. The van der Waals surface area contributed by atoms with Gasteiger partial charge in [-0.1, -0.05) is 60.1 Å². The Kier molecular flexibility index (Phi) is 3.13. The van der Waals surface area contributed by atoms with Gasteiger partial charge in [0.2, 0.25) is 0 Å². The van der Waals surface area contributed by atoms with E-state index in [1.807, 2.05) is 0 Å². The Morgan fingerprint density at radius 3 is 2.48 bits per heavy atom. The van der Waals surface area contributed by atoms with Crippen molar-refractivity contribution in [2.75, 3.05) is 5.23 Å². The van der Waals surface area contributed by atoms with Gasteiger partial charge >= 0.3 is 6.85 Å². The molecule has 1 aliphatic rings. The molecule has 0 fully saturated rings. The fourth-order valence-electron chi connectivity index (χ4n) is 2.83. The molecule has 3 aromatic rings. The van der Waals surface area contributed by atoms with Gasteiger partial charge in [-0.25, -0.2) is 0 Å². The average Bonchev–Trinajstić information content (AvgIpc) is 3.09. The van der Waals surface area contributed by atoms with E-state index in [4.69, 9.17) is 0 Å². The summed E-state index contributed by atoms with van der Waals surface area (Å²) in [4.78, 5) is 0. The highest BCUT2D eigenvalue weighted by Gasteiger charge is 2.27. The molecule has 3 heteroatoms. The third-order valence-corrected chi connectivity index (χ3v) is 4.55. The van der Waals surface area contributed by atoms with Crippen molar-refractivity contribution in [3.63, 3.8) is 0 Å². The van der Waals surface area contributed by atoms with Crippen LogP contribution in [-0.4, -0.2) is 6.85 Å². The molecule has 0 saturated carbocycles. The van der Waals surface area contributed by atoms with E-state index in [1.165, 1.54) is 27.7 Å². The van der Waals surface area contributed by atoms with Gasteiger partial charge in [0.05, 0.1) is 0 Å². The molecule has 1 nitrogen and oxygen atoms in total. The molecule has 100 valence electrons. The minimum Gasteiger partial charge on any atom is -0.420 e. The summed E-state index contributed by atoms with van der Waals surface area (Å²) in [6.07, 6.45) is 2.31. The van der Waals surface area contributed by atoms with Crippen molar-refractivity contribution in [1.82, 2.24) is 0 Å². The van der Waals surface area contributed by atoms with Gasteiger partial charge in [-0.15, -0.1) is 0 Å². The van der Waals surface area contributed by atoms with Crippen LogP contribution in [0.1, 0.15) is 11.1 Å². The third kappa shape index (κ3) is 2.30. The van der Waals surface area contributed by atoms with E-state index >= 15 is 0 Å². The summed E-state index contributed by atoms with van der Waals surface area (Å²) < 4.78 is 0. The smallest absolute Gasteiger partial charge is 0.321 e. The van der Waals surface area contributed by atoms with E-state index in [2.05, 4.69) is 82.7 Å². The van der Waals surface area contributed by atoms with Crippen LogP contribution in [0.15, 0.2) is 71.4 Å². The van der Waals surface area contributed by atoms with Crippen LogP contribution in [0, 0.1) is 0 Å². The number of thiophene rings is 1. The Labute approximate surface area is 129 Å². The fourth-order valence-corrected chi connectivity index (χ4v) is 3.49. The van der Waals surface area contributed by atoms with Crippen molar-refractivity contribution < 1.29 is 0 Å². The summed E-state index contributed by atoms with van der Waals surface area (Å²) in [7, 11) is 0. The fraction of sp³-hybridized carbons (Fsp3) is 0. The highest BCUT2D eigenvalue weighted by Crippen LogP contribution is 2.31. The molecule has 0 unspecified atom stereocenters. The number of anilines is 1. The summed E-state index contributed by atoms with van der Waals surface area (Å²) >= 11 is 1.74. The molecule has 1 N–H and O–H groups in total. The number of fused-ring (bicyclic) bond motifs is 1. The summed E-state index contributed by atoms with van der Waals surface area (Å²) in [6.45, 7) is 0.204. The lowest BCUT2D eigenvalue weighted by Crippen LogP contribution is -2.41. The number of hydrogen-bond acceptors (Lipinski definition) is 2. The molecule has 0 spiro atoms. The lowest BCUT2D eigenvalue weighted by Gasteiger charge is -2.25. The van der Waals surface area contributed by atoms with E-state index in [0.717, 1.165) is 0 Å². The number of nitrogens with one attached hydrogen (secondary N) is 1. The molecule has 1 aromatic heterocycles. The number of benzene rings is 2. The molecule has 0 saturated heterocycles. The zero-order chi connectivity index (χ0) is 14.1. The summed E-state index contributed by atoms with van der Waals surface area (Å²) in [5, 5.41) is 8.05. The van der Waals surface area contributed by atoms with Crippen LogP contribution in [0.2, 0.25) is 0 Å². The van der Waals surface area contributed by atoms with Gasteiger partial charge in [-0.3, -0.25) is 0 Å². The second-order valence-corrected chi connectivity index (χ2v) is 5.97. The van der Waals surface area contributed by atoms with Crippen molar-refractivity contribution in [2.45, 2.75) is 0 Å². The van der Waals surface area contributed by atoms with E-state index < -0.39 is 0 Å². The van der Waals surface area contributed by atoms with Crippen LogP contribution in [0.4, 0.5) is 5.69 Å². The van der Waals surface area contributed by atoms with E-state index in [9.17, 15) is 0 Å². The molecule has 1 aliphatic heterocycles. The van der Waals surface area contributed by atoms with Crippen LogP contribution >= 0.6 is 11.3 Å². The molecule has 4 rings (SSSR count). The van der Waals surface area contributed by atoms with E-state index in [1.54, 1.807) is 11.3 Å². The highest BCUT2D eigenvalue weighted by molar-refractivity contribution is 7.08. The molecule has 2 aromatic carbocycles. The minimum absolute atomic E-state index is 0.204. The standard InChI is InChI=1S/C18H14BNS/c1-2-7-16(8-3-1)19-17(15-10-11-21-13-15)12-14-6-4-5-9-18(14)20-19/h1-13,20H. The van der Waals surface area contributed by atoms with Crippen molar-refractivity contribution >= 4 is 40.9 Å². The lowest BCUT2D eigenvalue weighted by molar-refractivity contribution is 1.59. The molecule has 0 aliphatic carbocycles. The molecule has 21 heavy (non-hydrogen) atoms. The second kappa shape index (κ2) is 5.26. The summed E-state index contributed by atoms with van der Waals surface area (Å²) in [6, 6.07) is 21.3. The maximum atomic E-state index is 3.69. The van der Waals surface area contributed by atoms with Crippen LogP contribution in [0.5, 0.6) is 0 Å². The van der Waals surface area contributed by atoms with Crippen LogP contribution in [0.3, 0.4) is 0 Å². The zero-order valence-corrected chi connectivity index (χ0v) is 12.3. The molecular formula is C18H14BNS. The third-order valence-electron chi connectivity index (χ3n) is 3.87. The number of rotatable bonds is 2. The average molecular weight is 287 g/mol. The number of hydrogen-bond donors (Lipinski definition) is 1. The molecule has 0 radical (unpaired) electrons. The quantitative estimate of drug-likeness (QED) is 0.698. The Balaban J connectivity index is 1.87. The van der Waals surface area contributed by atoms with Gasteiger partial charge in [0.25, 0.3) is 0 Å². The predicted molar refractivity (Wildman–Crippen MR) is 94.1 cm³/mol. The van der Waals surface area contributed by atoms with Crippen LogP contribution < -0.4 is 10.7 Å². The predicted octanol–water partition coefficient (Wildman–Crippen LogP) is 4.15. The number of para-hydroxylation sites is 1. The minimum atomic E-state index is 0.204. The lowest BCUT2D eigenvalue weighted by atomic mass is 9.47. The summed E-state index contributed by atoms with van der Waals surface area (Å²) in [5.74, 6) is 0. The first-order valence-corrected chi connectivity index (χ1v) is 8.01. The molecular weight excluding hydrogens is 273 g/mol. The summed E-state index contributed by atoms with van der Waals surface area (Å²) in [5.41, 5.74) is 6.39. The molecule has 0 atom stereocenters. The maximum Gasteiger partial charge on any atom is 0.321 e. The zero-order valence-electron chi connectivity index (χ0n) is 11.5. The molecule has 0 bridgehead atoms. The van der Waals surface area contributed by atoms with Gasteiger partial charge in [0.15, 0.2) is 0 Å². The topological polar surface area (TPSA) is 12.0 Å². The Morgan fingerprint density at radius 1 is 0.857 bits per heavy atom. The van der Waals surface area contributed by atoms with E-state index in [-0.39, 0.29) is 6.85 Å². The monoisotopic (exact) mass is 287 g/mol. The van der Waals surface area contributed by atoms with Crippen molar-refractivity contribution in [1.29, 1.82) is 0 Å². The van der Waals surface area contributed by atoms with Crippen molar-refractivity contribution in [3.8, 4) is 0 Å². The van der Waals surface area contributed by atoms with Gasteiger partial charge in [-0.2, -0.15) is 11.3 Å². The van der Waals surface area contributed by atoms with Crippen molar-refractivity contribution in [2.24, 2.45) is 0 Å². The van der Waals surface area contributed by atoms with Crippen LogP contribution in [-0.2, 0) is 0 Å². The van der Waals surface area contributed by atoms with Gasteiger partial charge < -0.3 is 5.23 Å². The second-order valence-electron chi connectivity index (χ2n) is 5.19. The SMILES string of the molecule is C1=C(c2ccsc2)B(c2ccccc2)Nc2ccccc21. The van der Waals surface area contributed by atoms with Crippen LogP contribution in [0.25, 0.3) is 11.5 Å². The van der Waals surface area contributed by atoms with Gasteiger partial charge in [0.1, 0.15) is 0 Å². The highest BCUT2D eigenvalue weighted by atomic mass is 32.1. The van der Waals surface area contributed by atoms with E-state index in [0.29, 0.717) is 0 Å². The Hall–Kier alpha value is -2.26. The van der Waals surface area contributed by atoms with Crippen molar-refractivity contribution in [3.05, 3.63) is 82.6 Å². The first-order valence-electron chi connectivity index (χ1n) is 7.06. The Bertz CT molecular complexity index is 778. The Morgan fingerprint density at radius 2 is 1.67 bits per heavy atom.